The molecule has 0 fully saturated rings. The van der Waals surface area contributed by atoms with E-state index in [1.54, 1.807) is 17.8 Å². The molecule has 0 unspecified atom stereocenters. The lowest BCUT2D eigenvalue weighted by atomic mass is 9.76. The first-order valence-corrected chi connectivity index (χ1v) is 9.18. The van der Waals surface area contributed by atoms with Crippen molar-refractivity contribution >= 4 is 17.3 Å². The number of hydrogen-bond acceptors (Lipinski definition) is 5. The summed E-state index contributed by atoms with van der Waals surface area (Å²) in [5, 5.41) is 7.25. The highest BCUT2D eigenvalue weighted by Crippen LogP contribution is 2.34. The molecular weight excluding hydrogens is 356 g/mol. The molecule has 0 saturated carbocycles. The number of ketones is 1. The third kappa shape index (κ3) is 3.24. The van der Waals surface area contributed by atoms with Gasteiger partial charge in [0.25, 0.3) is 5.91 Å². The molecule has 1 aromatic carbocycles. The van der Waals surface area contributed by atoms with E-state index >= 15 is 0 Å². The molecule has 0 bridgehead atoms. The maximum atomic E-state index is 12.7. The second-order valence-corrected chi connectivity index (χ2v) is 7.88. The van der Waals surface area contributed by atoms with Gasteiger partial charge in [-0.25, -0.2) is 9.50 Å². The number of aromatic nitrogens is 3. The Hall–Kier alpha value is -3.22. The first kappa shape index (κ1) is 18.2. The predicted octanol–water partition coefficient (Wildman–Crippen LogP) is 2.82. The Bertz CT molecular complexity index is 1070. The summed E-state index contributed by atoms with van der Waals surface area (Å²) in [6.07, 6.45) is 4.29. The number of Topliss-reactive ketones (excluding diaryl/α,β-unsaturated/α-hetero) is 1. The van der Waals surface area contributed by atoms with Crippen molar-refractivity contribution < 1.29 is 14.3 Å². The molecule has 0 saturated heterocycles. The van der Waals surface area contributed by atoms with Crippen molar-refractivity contribution in [3.05, 3.63) is 59.0 Å². The van der Waals surface area contributed by atoms with E-state index in [1.165, 1.54) is 6.20 Å². The normalized spacial score (nSPS) is 15.3. The summed E-state index contributed by atoms with van der Waals surface area (Å²) >= 11 is 0. The smallest absolute Gasteiger partial charge is 0.257 e. The summed E-state index contributed by atoms with van der Waals surface area (Å²) in [5.74, 6) is 0.588. The number of nitrogens with zero attached hydrogens (tertiary/aromatic N) is 3. The molecule has 4 rings (SSSR count). The van der Waals surface area contributed by atoms with Gasteiger partial charge in [0.1, 0.15) is 11.3 Å². The predicted molar refractivity (Wildman–Crippen MR) is 104 cm³/mol. The fourth-order valence-electron chi connectivity index (χ4n) is 3.61. The Labute approximate surface area is 162 Å². The second kappa shape index (κ2) is 6.74. The van der Waals surface area contributed by atoms with E-state index in [0.717, 1.165) is 17.0 Å². The Kier molecular flexibility index (Phi) is 4.37. The van der Waals surface area contributed by atoms with Gasteiger partial charge in [0, 0.05) is 19.2 Å². The Morgan fingerprint density at radius 2 is 1.96 bits per heavy atom. The number of amides is 1. The lowest BCUT2D eigenvalue weighted by molar-refractivity contribution is 0.0907. The van der Waals surface area contributed by atoms with Gasteiger partial charge < -0.3 is 10.1 Å². The van der Waals surface area contributed by atoms with Crippen molar-refractivity contribution in [3.8, 4) is 5.75 Å². The first-order valence-electron chi connectivity index (χ1n) is 9.18. The van der Waals surface area contributed by atoms with Crippen molar-refractivity contribution in [2.45, 2.75) is 33.2 Å². The molecule has 1 aliphatic carbocycles. The fourth-order valence-corrected chi connectivity index (χ4v) is 3.61. The average Bonchev–Trinajstić information content (AvgIpc) is 3.10. The molecule has 1 amide bonds. The average molecular weight is 378 g/mol. The monoisotopic (exact) mass is 378 g/mol. The van der Waals surface area contributed by atoms with E-state index in [2.05, 4.69) is 29.2 Å². The molecule has 2 aromatic heterocycles. The molecule has 7 heteroatoms. The van der Waals surface area contributed by atoms with Gasteiger partial charge in [0.15, 0.2) is 11.4 Å². The topological polar surface area (TPSA) is 85.6 Å². The first-order chi connectivity index (χ1) is 13.4. The second-order valence-electron chi connectivity index (χ2n) is 7.88. The number of methoxy groups -OCH3 is 1. The van der Waals surface area contributed by atoms with Crippen LogP contribution in [-0.2, 0) is 13.0 Å². The van der Waals surface area contributed by atoms with Gasteiger partial charge in [-0.3, -0.25) is 9.59 Å². The Balaban J connectivity index is 1.59. The molecule has 0 radical (unpaired) electrons. The van der Waals surface area contributed by atoms with Crippen LogP contribution >= 0.6 is 0 Å². The molecule has 2 heterocycles. The minimum atomic E-state index is -0.250. The van der Waals surface area contributed by atoms with E-state index in [4.69, 9.17) is 4.74 Å². The number of rotatable bonds is 4. The molecule has 0 spiro atoms. The lowest BCUT2D eigenvalue weighted by Gasteiger charge is -2.29. The van der Waals surface area contributed by atoms with Crippen LogP contribution in [0.2, 0.25) is 0 Å². The van der Waals surface area contributed by atoms with E-state index < -0.39 is 0 Å². The Morgan fingerprint density at radius 1 is 1.21 bits per heavy atom. The maximum absolute atomic E-state index is 12.7. The zero-order valence-corrected chi connectivity index (χ0v) is 16.2. The molecule has 3 aromatic rings. The van der Waals surface area contributed by atoms with Crippen LogP contribution in [0.5, 0.6) is 5.75 Å². The number of ether oxygens (including phenoxy) is 1. The fraction of sp³-hybridized carbons (Fsp3) is 0.333. The van der Waals surface area contributed by atoms with Crippen molar-refractivity contribution in [2.24, 2.45) is 5.41 Å². The maximum Gasteiger partial charge on any atom is 0.257 e. The third-order valence-electron chi connectivity index (χ3n) is 5.07. The highest BCUT2D eigenvalue weighted by molar-refractivity contribution is 6.01. The van der Waals surface area contributed by atoms with Crippen molar-refractivity contribution in [3.63, 3.8) is 0 Å². The van der Waals surface area contributed by atoms with E-state index in [9.17, 15) is 9.59 Å². The third-order valence-corrected chi connectivity index (χ3v) is 5.07. The molecular formula is C21H22N4O3. The Morgan fingerprint density at radius 3 is 2.68 bits per heavy atom. The zero-order valence-electron chi connectivity index (χ0n) is 16.2. The van der Waals surface area contributed by atoms with Crippen LogP contribution in [0.4, 0.5) is 0 Å². The minimum Gasteiger partial charge on any atom is -0.497 e. The molecule has 0 atom stereocenters. The number of nitrogens with one attached hydrogen (secondary N) is 1. The summed E-state index contributed by atoms with van der Waals surface area (Å²) < 4.78 is 6.77. The molecule has 1 N–H and O–H groups in total. The van der Waals surface area contributed by atoms with Gasteiger partial charge in [-0.05, 0) is 29.5 Å². The van der Waals surface area contributed by atoms with Crippen molar-refractivity contribution in [2.75, 3.05) is 7.11 Å². The van der Waals surface area contributed by atoms with Gasteiger partial charge in [0.2, 0.25) is 0 Å². The van der Waals surface area contributed by atoms with E-state index in [-0.39, 0.29) is 17.1 Å². The van der Waals surface area contributed by atoms with Crippen LogP contribution in [0.1, 0.15) is 52.2 Å². The summed E-state index contributed by atoms with van der Waals surface area (Å²) in [7, 11) is 1.61. The zero-order chi connectivity index (χ0) is 19.9. The van der Waals surface area contributed by atoms with Gasteiger partial charge in [-0.2, -0.15) is 5.10 Å². The van der Waals surface area contributed by atoms with Crippen LogP contribution in [0.15, 0.2) is 36.7 Å². The SMILES string of the molecule is COc1ccc(CNC(=O)c2cnn3c4c(cnc23)C(=O)CC(C)(C)C4)cc1. The van der Waals surface area contributed by atoms with Crippen LogP contribution in [0.25, 0.3) is 5.65 Å². The number of fused-ring (bicyclic) bond motifs is 3. The van der Waals surface area contributed by atoms with Crippen molar-refractivity contribution in [1.82, 2.24) is 19.9 Å². The van der Waals surface area contributed by atoms with Crippen LogP contribution in [0.3, 0.4) is 0 Å². The number of carbonyl (C=O) groups is 2. The van der Waals surface area contributed by atoms with E-state index in [0.29, 0.717) is 36.2 Å². The largest absolute Gasteiger partial charge is 0.497 e. The van der Waals surface area contributed by atoms with Crippen LogP contribution in [0, 0.1) is 5.41 Å². The number of hydrogen-bond donors (Lipinski definition) is 1. The van der Waals surface area contributed by atoms with Crippen molar-refractivity contribution in [1.29, 1.82) is 0 Å². The summed E-state index contributed by atoms with van der Waals surface area (Å²) in [5.41, 5.74) is 3.11. The van der Waals surface area contributed by atoms with Gasteiger partial charge in [-0.1, -0.05) is 26.0 Å². The lowest BCUT2D eigenvalue weighted by Crippen LogP contribution is -2.29. The van der Waals surface area contributed by atoms with Gasteiger partial charge in [0.05, 0.1) is 24.6 Å². The van der Waals surface area contributed by atoms with E-state index in [1.807, 2.05) is 24.3 Å². The minimum absolute atomic E-state index is 0.0710. The molecule has 0 aliphatic heterocycles. The quantitative estimate of drug-likeness (QED) is 0.754. The van der Waals surface area contributed by atoms with Crippen LogP contribution < -0.4 is 10.1 Å². The van der Waals surface area contributed by atoms with Gasteiger partial charge >= 0.3 is 0 Å². The van der Waals surface area contributed by atoms with Crippen LogP contribution in [-0.4, -0.2) is 33.4 Å². The number of benzene rings is 1. The molecule has 28 heavy (non-hydrogen) atoms. The summed E-state index contributed by atoms with van der Waals surface area (Å²) in [6, 6.07) is 7.50. The number of carbonyl (C=O) groups excluding carboxylic acids is 2. The highest BCUT2D eigenvalue weighted by atomic mass is 16.5. The molecule has 1 aliphatic rings. The molecule has 7 nitrogen and oxygen atoms in total. The standard InChI is InChI=1S/C21H22N4O3/c1-21(2)8-17-15(18(26)9-21)11-22-19-16(12-24-25(17)19)20(27)23-10-13-4-6-14(28-3)7-5-13/h4-7,11-12H,8-10H2,1-3H3,(H,23,27). The summed E-state index contributed by atoms with van der Waals surface area (Å²) in [4.78, 5) is 29.5. The highest BCUT2D eigenvalue weighted by Gasteiger charge is 2.33. The van der Waals surface area contributed by atoms with Gasteiger partial charge in [-0.15, -0.1) is 0 Å². The summed E-state index contributed by atoms with van der Waals surface area (Å²) in [6.45, 7) is 4.51. The molecule has 144 valence electrons.